The van der Waals surface area contributed by atoms with Crippen LogP contribution in [0.25, 0.3) is 16.7 Å². The topological polar surface area (TPSA) is 95.1 Å². The van der Waals surface area contributed by atoms with E-state index < -0.39 is 11.5 Å². The average Bonchev–Trinajstić information content (AvgIpc) is 2.44. The molecule has 100 valence electrons. The first-order chi connectivity index (χ1) is 9.61. The van der Waals surface area contributed by atoms with E-state index in [9.17, 15) is 9.59 Å². The summed E-state index contributed by atoms with van der Waals surface area (Å²) in [6, 6.07) is 10.4. The zero-order valence-electron chi connectivity index (χ0n) is 10.5. The number of rotatable bonds is 4. The van der Waals surface area contributed by atoms with Crippen LogP contribution in [0.15, 0.2) is 46.1 Å². The highest BCUT2D eigenvalue weighted by Crippen LogP contribution is 2.15. The second-order valence-corrected chi connectivity index (χ2v) is 3.97. The largest absolute Gasteiger partial charge is 0.422 e. The van der Waals surface area contributed by atoms with Crippen LogP contribution < -0.4 is 16.5 Å². The van der Waals surface area contributed by atoms with Crippen molar-refractivity contribution < 1.29 is 9.21 Å². The predicted molar refractivity (Wildman–Crippen MR) is 73.0 cm³/mol. The van der Waals surface area contributed by atoms with Crippen molar-refractivity contribution in [3.05, 3.63) is 52.9 Å². The average molecular weight is 269 g/mol. The van der Waals surface area contributed by atoms with Crippen LogP contribution in [0.4, 0.5) is 0 Å². The summed E-state index contributed by atoms with van der Waals surface area (Å²) in [5.74, 6) is -0.515. The van der Waals surface area contributed by atoms with Crippen LogP contribution in [0.5, 0.6) is 0 Å². The molecular formula is C14H11N3O3. The molecule has 1 heterocycles. The van der Waals surface area contributed by atoms with Gasteiger partial charge in [0.05, 0.1) is 17.3 Å². The van der Waals surface area contributed by atoms with Crippen molar-refractivity contribution in [3.63, 3.8) is 0 Å². The summed E-state index contributed by atoms with van der Waals surface area (Å²) in [6.45, 7) is 3.66. The maximum absolute atomic E-state index is 11.8. The molecule has 2 rings (SSSR count). The fourth-order valence-electron chi connectivity index (χ4n) is 1.60. The quantitative estimate of drug-likeness (QED) is 0.644. The molecule has 0 unspecified atom stereocenters. The number of hydrazine groups is 1. The Morgan fingerprint density at radius 3 is 2.85 bits per heavy atom. The van der Waals surface area contributed by atoms with Crippen LogP contribution in [0.2, 0.25) is 0 Å². The number of carbonyl (C=O) groups excluding carboxylic acids is 1. The third-order valence-electron chi connectivity index (χ3n) is 2.56. The summed E-state index contributed by atoms with van der Waals surface area (Å²) in [5.41, 5.74) is 5.06. The minimum Gasteiger partial charge on any atom is -0.422 e. The van der Waals surface area contributed by atoms with Crippen LogP contribution in [-0.2, 0) is 4.79 Å². The molecular weight excluding hydrogens is 258 g/mol. The molecule has 0 spiro atoms. The number of nitriles is 1. The third-order valence-corrected chi connectivity index (χ3v) is 2.56. The van der Waals surface area contributed by atoms with Crippen molar-refractivity contribution in [2.45, 2.75) is 6.42 Å². The number of benzene rings is 1. The van der Waals surface area contributed by atoms with E-state index in [1.807, 2.05) is 6.07 Å². The SMILES string of the molecule is C=C(NNC(=O)CC#N)c1cc2ccccc2oc1=O. The smallest absolute Gasteiger partial charge is 0.345 e. The molecule has 1 aromatic heterocycles. The van der Waals surface area contributed by atoms with Gasteiger partial charge < -0.3 is 4.42 Å². The van der Waals surface area contributed by atoms with Gasteiger partial charge >= 0.3 is 5.63 Å². The standard InChI is InChI=1S/C14H11N3O3/c1-9(16-17-13(18)6-7-15)11-8-10-4-2-3-5-12(10)20-14(11)19/h2-5,8,16H,1,6H2,(H,17,18). The Morgan fingerprint density at radius 1 is 1.35 bits per heavy atom. The van der Waals surface area contributed by atoms with E-state index in [1.54, 1.807) is 30.3 Å². The minimum atomic E-state index is -0.560. The highest BCUT2D eigenvalue weighted by atomic mass is 16.4. The van der Waals surface area contributed by atoms with Crippen molar-refractivity contribution in [2.24, 2.45) is 0 Å². The van der Waals surface area contributed by atoms with E-state index in [-0.39, 0.29) is 17.7 Å². The Balaban J connectivity index is 2.22. The molecule has 2 N–H and O–H groups in total. The Kier molecular flexibility index (Phi) is 3.82. The van der Waals surface area contributed by atoms with Gasteiger partial charge in [-0.15, -0.1) is 0 Å². The summed E-state index contributed by atoms with van der Waals surface area (Å²) < 4.78 is 5.15. The number of carbonyl (C=O) groups is 1. The highest BCUT2D eigenvalue weighted by Gasteiger charge is 2.09. The van der Waals surface area contributed by atoms with E-state index >= 15 is 0 Å². The number of nitrogens with zero attached hydrogens (tertiary/aromatic N) is 1. The molecule has 20 heavy (non-hydrogen) atoms. The molecule has 1 aromatic carbocycles. The lowest BCUT2D eigenvalue weighted by molar-refractivity contribution is -0.120. The molecule has 0 fully saturated rings. The highest BCUT2D eigenvalue weighted by molar-refractivity contribution is 5.81. The summed E-state index contributed by atoms with van der Waals surface area (Å²) >= 11 is 0. The van der Waals surface area contributed by atoms with Crippen molar-refractivity contribution in [3.8, 4) is 6.07 Å². The molecule has 1 amide bonds. The lowest BCUT2D eigenvalue weighted by Crippen LogP contribution is -2.36. The molecule has 0 saturated heterocycles. The van der Waals surface area contributed by atoms with Crippen LogP contribution >= 0.6 is 0 Å². The third kappa shape index (κ3) is 2.84. The van der Waals surface area contributed by atoms with Crippen molar-refractivity contribution in [2.75, 3.05) is 0 Å². The summed E-state index contributed by atoms with van der Waals surface area (Å²) in [5, 5.41) is 9.10. The van der Waals surface area contributed by atoms with Crippen LogP contribution in [-0.4, -0.2) is 5.91 Å². The van der Waals surface area contributed by atoms with Crippen molar-refractivity contribution >= 4 is 22.6 Å². The van der Waals surface area contributed by atoms with Gasteiger partial charge in [0.2, 0.25) is 0 Å². The number of hydrogen-bond acceptors (Lipinski definition) is 5. The Morgan fingerprint density at radius 2 is 2.10 bits per heavy atom. The maximum atomic E-state index is 11.8. The van der Waals surface area contributed by atoms with Gasteiger partial charge in [-0.1, -0.05) is 24.8 Å². The number of amides is 1. The van der Waals surface area contributed by atoms with Gasteiger partial charge in [0.25, 0.3) is 5.91 Å². The summed E-state index contributed by atoms with van der Waals surface area (Å²) in [4.78, 5) is 22.9. The van der Waals surface area contributed by atoms with E-state index in [0.29, 0.717) is 5.58 Å². The molecule has 0 aliphatic rings. The molecule has 2 aromatic rings. The lowest BCUT2D eigenvalue weighted by atomic mass is 10.1. The van der Waals surface area contributed by atoms with Crippen LogP contribution in [0.1, 0.15) is 12.0 Å². The van der Waals surface area contributed by atoms with E-state index in [1.165, 1.54) is 0 Å². The molecule has 0 atom stereocenters. The Bertz CT molecular complexity index is 771. The second-order valence-electron chi connectivity index (χ2n) is 3.97. The van der Waals surface area contributed by atoms with Gasteiger partial charge in [-0.3, -0.25) is 15.6 Å². The molecule has 0 saturated carbocycles. The Hall–Kier alpha value is -3.07. The first kappa shape index (κ1) is 13.4. The summed E-state index contributed by atoms with van der Waals surface area (Å²) in [7, 11) is 0. The van der Waals surface area contributed by atoms with Crippen LogP contribution in [0, 0.1) is 11.3 Å². The van der Waals surface area contributed by atoms with Gasteiger partial charge in [-0.2, -0.15) is 5.26 Å². The van der Waals surface area contributed by atoms with Gasteiger partial charge in [0.15, 0.2) is 0 Å². The first-order valence-electron chi connectivity index (χ1n) is 5.76. The monoisotopic (exact) mass is 269 g/mol. The number of hydrogen-bond donors (Lipinski definition) is 2. The van der Waals surface area contributed by atoms with E-state index in [2.05, 4.69) is 17.4 Å². The van der Waals surface area contributed by atoms with Gasteiger partial charge in [-0.05, 0) is 12.1 Å². The normalized spacial score (nSPS) is 9.75. The lowest BCUT2D eigenvalue weighted by Gasteiger charge is -2.09. The Labute approximate surface area is 114 Å². The fourth-order valence-corrected chi connectivity index (χ4v) is 1.60. The van der Waals surface area contributed by atoms with E-state index in [4.69, 9.17) is 9.68 Å². The number of para-hydroxylation sites is 1. The minimum absolute atomic E-state index is 0.191. The summed E-state index contributed by atoms with van der Waals surface area (Å²) in [6.07, 6.45) is -0.285. The zero-order chi connectivity index (χ0) is 14.5. The molecule has 6 nitrogen and oxygen atoms in total. The maximum Gasteiger partial charge on any atom is 0.345 e. The van der Waals surface area contributed by atoms with Crippen molar-refractivity contribution in [1.82, 2.24) is 10.9 Å². The molecule has 0 radical (unpaired) electrons. The van der Waals surface area contributed by atoms with Gasteiger partial charge in [0, 0.05) is 5.39 Å². The molecule has 0 aliphatic carbocycles. The van der Waals surface area contributed by atoms with Crippen LogP contribution in [0.3, 0.4) is 0 Å². The fraction of sp³-hybridized carbons (Fsp3) is 0.0714. The number of fused-ring (bicyclic) bond motifs is 1. The molecule has 0 aliphatic heterocycles. The second kappa shape index (κ2) is 5.71. The van der Waals surface area contributed by atoms with Gasteiger partial charge in [0.1, 0.15) is 12.0 Å². The zero-order valence-corrected chi connectivity index (χ0v) is 10.5. The van der Waals surface area contributed by atoms with Crippen molar-refractivity contribution in [1.29, 1.82) is 5.26 Å². The van der Waals surface area contributed by atoms with E-state index in [0.717, 1.165) is 5.39 Å². The predicted octanol–water partition coefficient (Wildman–Crippen LogP) is 1.30. The van der Waals surface area contributed by atoms with Gasteiger partial charge in [-0.25, -0.2) is 4.79 Å². The number of nitrogens with one attached hydrogen (secondary N) is 2. The first-order valence-corrected chi connectivity index (χ1v) is 5.76. The molecule has 0 bridgehead atoms. The molecule has 6 heteroatoms.